The molecule has 0 spiro atoms. The maximum absolute atomic E-state index is 13.1. The third-order valence-corrected chi connectivity index (χ3v) is 5.68. The summed E-state index contributed by atoms with van der Waals surface area (Å²) in [5.74, 6) is 0.868. The minimum Gasteiger partial charge on any atom is -0.494 e. The zero-order valence-corrected chi connectivity index (χ0v) is 16.3. The number of aryl methyl sites for hydroxylation is 1. The lowest BCUT2D eigenvalue weighted by Gasteiger charge is -2.34. The van der Waals surface area contributed by atoms with Crippen molar-refractivity contribution in [3.63, 3.8) is 0 Å². The number of amides is 1. The van der Waals surface area contributed by atoms with Crippen molar-refractivity contribution in [1.29, 1.82) is 0 Å². The molecule has 1 aliphatic carbocycles. The second kappa shape index (κ2) is 7.63. The zero-order valence-electron chi connectivity index (χ0n) is 16.3. The highest BCUT2D eigenvalue weighted by atomic mass is 16.5. The Morgan fingerprint density at radius 1 is 0.929 bits per heavy atom. The number of hydrogen-bond donors (Lipinski definition) is 1. The van der Waals surface area contributed by atoms with Crippen LogP contribution in [0, 0.1) is 6.92 Å². The molecule has 0 bridgehead atoms. The smallest absolute Gasteiger partial charge is 0.225 e. The number of nitrogens with one attached hydrogen (secondary N) is 1. The SMILES string of the molecule is CCOc1ccc(C2CC(=O)NC3=C2C(=O)CC(c2ccc(C)cc2)C3)cc1. The Hall–Kier alpha value is -2.88. The molecule has 4 heteroatoms. The van der Waals surface area contributed by atoms with Gasteiger partial charge in [-0.2, -0.15) is 0 Å². The van der Waals surface area contributed by atoms with Crippen LogP contribution in [0.15, 0.2) is 59.8 Å². The molecule has 0 saturated carbocycles. The second-order valence-corrected chi connectivity index (χ2v) is 7.64. The first-order valence-electron chi connectivity index (χ1n) is 9.90. The number of rotatable bonds is 4. The number of carbonyl (C=O) groups is 2. The van der Waals surface area contributed by atoms with Gasteiger partial charge in [-0.1, -0.05) is 42.0 Å². The first kappa shape index (κ1) is 18.5. The van der Waals surface area contributed by atoms with E-state index in [2.05, 4.69) is 36.5 Å². The van der Waals surface area contributed by atoms with Gasteiger partial charge in [0.05, 0.1) is 6.61 Å². The zero-order chi connectivity index (χ0) is 19.7. The predicted molar refractivity (Wildman–Crippen MR) is 108 cm³/mol. The number of Topliss-reactive ketones (excluding diaryl/α,β-unsaturated/α-hetero) is 1. The third kappa shape index (κ3) is 3.59. The summed E-state index contributed by atoms with van der Waals surface area (Å²) in [4.78, 5) is 25.5. The number of ether oxygens (including phenoxy) is 1. The number of hydrogen-bond acceptors (Lipinski definition) is 3. The fourth-order valence-corrected chi connectivity index (χ4v) is 4.28. The van der Waals surface area contributed by atoms with Crippen LogP contribution >= 0.6 is 0 Å². The number of ketones is 1. The van der Waals surface area contributed by atoms with Crippen molar-refractivity contribution < 1.29 is 14.3 Å². The van der Waals surface area contributed by atoms with Gasteiger partial charge < -0.3 is 10.1 Å². The lowest BCUT2D eigenvalue weighted by molar-refractivity contribution is -0.122. The van der Waals surface area contributed by atoms with Gasteiger partial charge in [-0.05, 0) is 49.4 Å². The van der Waals surface area contributed by atoms with Crippen LogP contribution < -0.4 is 10.1 Å². The van der Waals surface area contributed by atoms with E-state index in [1.165, 1.54) is 5.56 Å². The molecule has 2 unspecified atom stereocenters. The lowest BCUT2D eigenvalue weighted by atomic mass is 9.73. The number of carbonyl (C=O) groups excluding carboxylic acids is 2. The van der Waals surface area contributed by atoms with E-state index in [0.29, 0.717) is 25.9 Å². The summed E-state index contributed by atoms with van der Waals surface area (Å²) in [6.07, 6.45) is 1.50. The van der Waals surface area contributed by atoms with Gasteiger partial charge >= 0.3 is 0 Å². The molecule has 0 fully saturated rings. The fourth-order valence-electron chi connectivity index (χ4n) is 4.28. The number of allylic oxidation sites excluding steroid dienone is 2. The standard InChI is InChI=1S/C24H25NO3/c1-3-28-19-10-8-17(9-11-19)20-14-23(27)25-21-12-18(13-22(26)24(20)21)16-6-4-15(2)5-7-16/h4-11,18,20H,3,12-14H2,1-2H3,(H,25,27). The van der Waals surface area contributed by atoms with Crippen LogP contribution in [0.3, 0.4) is 0 Å². The third-order valence-electron chi connectivity index (χ3n) is 5.68. The maximum Gasteiger partial charge on any atom is 0.225 e. The predicted octanol–water partition coefficient (Wildman–Crippen LogP) is 4.40. The van der Waals surface area contributed by atoms with Gasteiger partial charge in [-0.15, -0.1) is 0 Å². The van der Waals surface area contributed by atoms with Gasteiger partial charge in [0.15, 0.2) is 5.78 Å². The maximum atomic E-state index is 13.1. The summed E-state index contributed by atoms with van der Waals surface area (Å²) < 4.78 is 5.51. The molecule has 0 aromatic heterocycles. The Kier molecular flexibility index (Phi) is 5.03. The average Bonchev–Trinajstić information content (AvgIpc) is 2.68. The Morgan fingerprint density at radius 3 is 2.29 bits per heavy atom. The van der Waals surface area contributed by atoms with Crippen molar-refractivity contribution >= 4 is 11.7 Å². The number of benzene rings is 2. The van der Waals surface area contributed by atoms with Crippen molar-refractivity contribution in [1.82, 2.24) is 5.32 Å². The van der Waals surface area contributed by atoms with E-state index < -0.39 is 0 Å². The van der Waals surface area contributed by atoms with Crippen LogP contribution in [-0.2, 0) is 9.59 Å². The Labute approximate surface area is 165 Å². The highest BCUT2D eigenvalue weighted by Crippen LogP contribution is 2.42. The molecule has 1 amide bonds. The van der Waals surface area contributed by atoms with E-state index in [4.69, 9.17) is 4.74 Å². The van der Waals surface area contributed by atoms with Gasteiger partial charge in [0, 0.05) is 30.0 Å². The molecular weight excluding hydrogens is 350 g/mol. The van der Waals surface area contributed by atoms with E-state index in [9.17, 15) is 9.59 Å². The summed E-state index contributed by atoms with van der Waals surface area (Å²) in [6, 6.07) is 16.1. The minimum atomic E-state index is -0.175. The van der Waals surface area contributed by atoms with Gasteiger partial charge in [0.1, 0.15) is 5.75 Å². The average molecular weight is 375 g/mol. The van der Waals surface area contributed by atoms with Crippen LogP contribution in [0.5, 0.6) is 5.75 Å². The molecule has 1 N–H and O–H groups in total. The van der Waals surface area contributed by atoms with Crippen molar-refractivity contribution in [2.24, 2.45) is 0 Å². The summed E-state index contributed by atoms with van der Waals surface area (Å²) in [6.45, 7) is 4.61. The molecule has 2 aromatic carbocycles. The molecule has 2 aromatic rings. The topological polar surface area (TPSA) is 55.4 Å². The summed E-state index contributed by atoms with van der Waals surface area (Å²) in [5.41, 5.74) is 4.94. The van der Waals surface area contributed by atoms with Crippen molar-refractivity contribution in [2.45, 2.75) is 44.9 Å². The van der Waals surface area contributed by atoms with E-state index in [1.54, 1.807) is 0 Å². The molecule has 1 aliphatic heterocycles. The summed E-state index contributed by atoms with van der Waals surface area (Å²) in [5, 5.41) is 2.99. The van der Waals surface area contributed by atoms with E-state index in [-0.39, 0.29) is 23.5 Å². The molecule has 4 rings (SSSR count). The normalized spacial score (nSPS) is 21.9. The first-order valence-corrected chi connectivity index (χ1v) is 9.90. The van der Waals surface area contributed by atoms with Crippen LogP contribution in [0.25, 0.3) is 0 Å². The summed E-state index contributed by atoms with van der Waals surface area (Å²) in [7, 11) is 0. The molecule has 2 aliphatic rings. The lowest BCUT2D eigenvalue weighted by Crippen LogP contribution is -2.38. The van der Waals surface area contributed by atoms with E-state index in [0.717, 1.165) is 28.1 Å². The molecule has 28 heavy (non-hydrogen) atoms. The van der Waals surface area contributed by atoms with Crippen LogP contribution in [0.1, 0.15) is 54.7 Å². The molecule has 4 nitrogen and oxygen atoms in total. The monoisotopic (exact) mass is 375 g/mol. The second-order valence-electron chi connectivity index (χ2n) is 7.64. The Morgan fingerprint density at radius 2 is 1.61 bits per heavy atom. The van der Waals surface area contributed by atoms with Crippen molar-refractivity contribution in [3.05, 3.63) is 76.5 Å². The van der Waals surface area contributed by atoms with Gasteiger partial charge in [-0.3, -0.25) is 9.59 Å². The van der Waals surface area contributed by atoms with Crippen molar-refractivity contribution in [3.8, 4) is 5.75 Å². The van der Waals surface area contributed by atoms with Crippen LogP contribution in [0.2, 0.25) is 0 Å². The Bertz CT molecular complexity index is 925. The quantitative estimate of drug-likeness (QED) is 0.862. The molecule has 1 heterocycles. The van der Waals surface area contributed by atoms with Gasteiger partial charge in [-0.25, -0.2) is 0 Å². The molecule has 144 valence electrons. The highest BCUT2D eigenvalue weighted by Gasteiger charge is 2.38. The first-order chi connectivity index (χ1) is 13.5. The van der Waals surface area contributed by atoms with Gasteiger partial charge in [0.25, 0.3) is 0 Å². The van der Waals surface area contributed by atoms with Crippen molar-refractivity contribution in [2.75, 3.05) is 6.61 Å². The van der Waals surface area contributed by atoms with Gasteiger partial charge in [0.2, 0.25) is 5.91 Å². The Balaban J connectivity index is 1.65. The van der Waals surface area contributed by atoms with Crippen LogP contribution in [0.4, 0.5) is 0 Å². The molecule has 0 radical (unpaired) electrons. The largest absolute Gasteiger partial charge is 0.494 e. The highest BCUT2D eigenvalue weighted by molar-refractivity contribution is 6.02. The molecular formula is C24H25NO3. The summed E-state index contributed by atoms with van der Waals surface area (Å²) >= 11 is 0. The van der Waals surface area contributed by atoms with E-state index in [1.807, 2.05) is 31.2 Å². The van der Waals surface area contributed by atoms with E-state index >= 15 is 0 Å². The molecule has 2 atom stereocenters. The fraction of sp³-hybridized carbons (Fsp3) is 0.333. The molecule has 0 saturated heterocycles. The minimum absolute atomic E-state index is 0.0185. The van der Waals surface area contributed by atoms with Crippen LogP contribution in [-0.4, -0.2) is 18.3 Å².